The van der Waals surface area contributed by atoms with E-state index < -0.39 is 17.4 Å². The largest absolute Gasteiger partial charge is 0.479 e. The molecule has 0 rings (SSSR count). The molecule has 0 aromatic heterocycles. The van der Waals surface area contributed by atoms with Crippen molar-refractivity contribution in [2.24, 2.45) is 0 Å². The zero-order chi connectivity index (χ0) is 12.1. The molecule has 1 atom stereocenters. The van der Waals surface area contributed by atoms with Gasteiger partial charge in [0.05, 0.1) is 12.5 Å². The number of hydrogen-bond donors (Lipinski definition) is 0. The number of halogens is 5. The molecular formula is C5H7Cl5O4P. The van der Waals surface area contributed by atoms with E-state index in [4.69, 9.17) is 58.0 Å². The molecule has 1 radical (unpaired) electrons. The summed E-state index contributed by atoms with van der Waals surface area (Å²) in [6, 6.07) is 0. The van der Waals surface area contributed by atoms with Crippen LogP contribution in [-0.2, 0) is 18.1 Å². The molecule has 0 aromatic rings. The minimum absolute atomic E-state index is 0.218. The summed E-state index contributed by atoms with van der Waals surface area (Å²) < 4.78 is 23.5. The van der Waals surface area contributed by atoms with Gasteiger partial charge in [-0.3, -0.25) is 9.05 Å². The molecule has 10 heteroatoms. The Bertz CT molecular complexity index is 235. The van der Waals surface area contributed by atoms with E-state index in [0.717, 1.165) is 0 Å². The van der Waals surface area contributed by atoms with Crippen LogP contribution in [0.3, 0.4) is 0 Å². The van der Waals surface area contributed by atoms with E-state index in [1.54, 1.807) is 0 Å². The van der Waals surface area contributed by atoms with Gasteiger partial charge in [0.2, 0.25) is 9.54 Å². The van der Waals surface area contributed by atoms with Gasteiger partial charge in [-0.15, -0.1) is 11.6 Å². The van der Waals surface area contributed by atoms with Crippen LogP contribution >= 0.6 is 65.8 Å². The van der Waals surface area contributed by atoms with E-state index in [2.05, 4.69) is 20.5 Å². The average Bonchev–Trinajstić information content (AvgIpc) is 2.01. The summed E-state index contributed by atoms with van der Waals surface area (Å²) in [5.41, 5.74) is 0. The monoisotopic (exact) mass is 337 g/mol. The van der Waals surface area contributed by atoms with Crippen molar-refractivity contribution in [3.8, 4) is 0 Å². The Hall–Kier alpha value is 1.56. The molecule has 0 aromatic carbocycles. The van der Waals surface area contributed by atoms with E-state index in [9.17, 15) is 4.57 Å². The van der Waals surface area contributed by atoms with Crippen molar-refractivity contribution in [3.05, 3.63) is 6.92 Å². The van der Waals surface area contributed by atoms with Crippen LogP contribution in [0.15, 0.2) is 0 Å². The Morgan fingerprint density at radius 2 is 1.93 bits per heavy atom. The molecular weight excluding hydrogens is 332 g/mol. The lowest BCUT2D eigenvalue weighted by Gasteiger charge is -2.23. The molecule has 0 heterocycles. The fourth-order valence-electron chi connectivity index (χ4n) is 0.476. The Balaban J connectivity index is 4.58. The molecule has 4 nitrogen and oxygen atoms in total. The SMILES string of the molecule is [CH2]COP(=O)(OC(Cl)Cl)OC(Cl)(Cl)CCl. The summed E-state index contributed by atoms with van der Waals surface area (Å²) in [5.74, 6) is -0.362. The normalized spacial score (nSPS) is 16.7. The first-order valence-corrected chi connectivity index (χ1v) is 7.02. The highest BCUT2D eigenvalue weighted by atomic mass is 35.5. The highest BCUT2D eigenvalue weighted by molar-refractivity contribution is 7.48. The lowest BCUT2D eigenvalue weighted by Crippen LogP contribution is -2.20. The Morgan fingerprint density at radius 1 is 1.40 bits per heavy atom. The third-order valence-corrected chi connectivity index (χ3v) is 4.08. The van der Waals surface area contributed by atoms with Crippen molar-refractivity contribution in [1.29, 1.82) is 0 Å². The molecule has 0 amide bonds. The van der Waals surface area contributed by atoms with Gasteiger partial charge in [0.1, 0.15) is 0 Å². The van der Waals surface area contributed by atoms with Crippen LogP contribution < -0.4 is 0 Å². The predicted octanol–water partition coefficient (Wildman–Crippen LogP) is 4.11. The van der Waals surface area contributed by atoms with Crippen molar-refractivity contribution in [3.63, 3.8) is 0 Å². The standard InChI is InChI=1S/C5H7Cl5O4P/c1-2-12-15(11,13-4(7)8)14-5(9,10)3-6/h4H,1-3H2. The summed E-state index contributed by atoms with van der Waals surface area (Å²) in [5, 5.41) is -1.43. The Labute approximate surface area is 113 Å². The first-order chi connectivity index (χ1) is 6.74. The van der Waals surface area contributed by atoms with Gasteiger partial charge >= 0.3 is 7.82 Å². The van der Waals surface area contributed by atoms with E-state index >= 15 is 0 Å². The molecule has 1 unspecified atom stereocenters. The molecule has 0 fully saturated rings. The number of rotatable bonds is 7. The quantitative estimate of drug-likeness (QED) is 0.517. The van der Waals surface area contributed by atoms with Crippen molar-refractivity contribution >= 4 is 65.8 Å². The fourth-order valence-corrected chi connectivity index (χ4v) is 2.67. The van der Waals surface area contributed by atoms with Crippen LogP contribution in [0.25, 0.3) is 0 Å². The van der Waals surface area contributed by atoms with Crippen LogP contribution in [0.2, 0.25) is 0 Å². The molecule has 15 heavy (non-hydrogen) atoms. The third kappa shape index (κ3) is 7.48. The van der Waals surface area contributed by atoms with Gasteiger partial charge in [0, 0.05) is 0 Å². The van der Waals surface area contributed by atoms with E-state index in [1.807, 2.05) is 0 Å². The molecule has 0 saturated carbocycles. The fraction of sp³-hybridized carbons (Fsp3) is 0.800. The summed E-state index contributed by atoms with van der Waals surface area (Å²) in [6.45, 7) is 3.06. The Morgan fingerprint density at radius 3 is 2.27 bits per heavy atom. The third-order valence-electron chi connectivity index (χ3n) is 0.859. The average molecular weight is 339 g/mol. The molecule has 0 saturated heterocycles. The minimum atomic E-state index is -4.09. The number of phosphoric acid groups is 1. The van der Waals surface area contributed by atoms with Crippen LogP contribution in [-0.4, -0.2) is 22.0 Å². The lowest BCUT2D eigenvalue weighted by atomic mass is 10.8. The van der Waals surface area contributed by atoms with Crippen molar-refractivity contribution in [1.82, 2.24) is 0 Å². The maximum absolute atomic E-state index is 11.7. The van der Waals surface area contributed by atoms with E-state index in [1.165, 1.54) is 0 Å². The molecule has 0 aliphatic heterocycles. The summed E-state index contributed by atoms with van der Waals surface area (Å²) in [6.07, 6.45) is 0. The zero-order valence-corrected chi connectivity index (χ0v) is 11.8. The molecule has 0 aliphatic carbocycles. The number of phosphoric ester groups is 1. The maximum Gasteiger partial charge on any atom is 0.479 e. The predicted molar refractivity (Wildman–Crippen MR) is 61.7 cm³/mol. The second-order valence-corrected chi connectivity index (χ2v) is 6.25. The molecule has 0 aliphatic rings. The van der Waals surface area contributed by atoms with Gasteiger partial charge in [0.25, 0.3) is 0 Å². The zero-order valence-electron chi connectivity index (χ0n) is 7.17. The lowest BCUT2D eigenvalue weighted by molar-refractivity contribution is 0.110. The van der Waals surface area contributed by atoms with Gasteiger partial charge in [-0.2, -0.15) is 0 Å². The maximum atomic E-state index is 11.7. The van der Waals surface area contributed by atoms with Crippen LogP contribution in [0.5, 0.6) is 0 Å². The minimum Gasteiger partial charge on any atom is -0.287 e. The second-order valence-electron chi connectivity index (χ2n) is 2.01. The summed E-state index contributed by atoms with van der Waals surface area (Å²) in [7, 11) is -4.09. The van der Waals surface area contributed by atoms with Gasteiger partial charge in [-0.05, 0) is 6.92 Å². The smallest absolute Gasteiger partial charge is 0.287 e. The van der Waals surface area contributed by atoms with Crippen molar-refractivity contribution in [2.75, 3.05) is 12.5 Å². The van der Waals surface area contributed by atoms with Crippen LogP contribution in [0, 0.1) is 6.92 Å². The first-order valence-electron chi connectivity index (χ1n) is 3.39. The van der Waals surface area contributed by atoms with Gasteiger partial charge in [-0.1, -0.05) is 46.4 Å². The molecule has 0 N–H and O–H groups in total. The summed E-state index contributed by atoms with van der Waals surface area (Å²) >= 11 is 26.8. The molecule has 0 bridgehead atoms. The van der Waals surface area contributed by atoms with Gasteiger partial charge < -0.3 is 0 Å². The van der Waals surface area contributed by atoms with E-state index in [-0.39, 0.29) is 12.5 Å². The van der Waals surface area contributed by atoms with E-state index in [0.29, 0.717) is 0 Å². The van der Waals surface area contributed by atoms with Gasteiger partial charge in [-0.25, -0.2) is 9.09 Å². The first kappa shape index (κ1) is 16.6. The highest BCUT2D eigenvalue weighted by Crippen LogP contribution is 2.56. The molecule has 0 spiro atoms. The number of alkyl halides is 5. The van der Waals surface area contributed by atoms with Gasteiger partial charge in [0.15, 0.2) is 0 Å². The Kier molecular flexibility index (Phi) is 7.83. The van der Waals surface area contributed by atoms with Crippen molar-refractivity contribution in [2.45, 2.75) is 9.54 Å². The van der Waals surface area contributed by atoms with Crippen molar-refractivity contribution < 1.29 is 18.1 Å². The second kappa shape index (κ2) is 7.10. The highest BCUT2D eigenvalue weighted by Gasteiger charge is 2.39. The topological polar surface area (TPSA) is 44.8 Å². The van der Waals surface area contributed by atoms with Crippen LogP contribution in [0.1, 0.15) is 0 Å². The van der Waals surface area contributed by atoms with Crippen LogP contribution in [0.4, 0.5) is 0 Å². The summed E-state index contributed by atoms with van der Waals surface area (Å²) in [4.78, 5) is 0. The number of hydrogen-bond acceptors (Lipinski definition) is 4. The molecule has 91 valence electrons.